The second kappa shape index (κ2) is 4.64. The molecule has 0 aliphatic heterocycles. The van der Waals surface area contributed by atoms with Crippen LogP contribution < -0.4 is 5.56 Å². The Kier molecular flexibility index (Phi) is 2.96. The maximum atomic E-state index is 11.7. The van der Waals surface area contributed by atoms with Gasteiger partial charge in [0, 0.05) is 20.2 Å². The first-order valence-corrected chi connectivity index (χ1v) is 6.70. The van der Waals surface area contributed by atoms with E-state index in [9.17, 15) is 4.79 Å². The number of aryl methyl sites for hydroxylation is 1. The Morgan fingerprint density at radius 3 is 3.05 bits per heavy atom. The lowest BCUT2D eigenvalue weighted by Crippen LogP contribution is -2.08. The van der Waals surface area contributed by atoms with Crippen LogP contribution in [0.4, 0.5) is 0 Å². The summed E-state index contributed by atoms with van der Waals surface area (Å²) in [5.41, 5.74) is 2.33. The number of H-pyrrole nitrogens is 1. The van der Waals surface area contributed by atoms with E-state index in [1.54, 1.807) is 29.2 Å². The SMILES string of the molecule is COCc1cc(=O)[nH]c2c1c(-c1cccs1)nn2C. The minimum Gasteiger partial charge on any atom is -0.380 e. The molecule has 0 unspecified atom stereocenters. The van der Waals surface area contributed by atoms with E-state index in [4.69, 9.17) is 4.74 Å². The quantitative estimate of drug-likeness (QED) is 0.796. The van der Waals surface area contributed by atoms with E-state index < -0.39 is 0 Å². The average Bonchev–Trinajstić information content (AvgIpc) is 2.98. The number of aromatic nitrogens is 3. The number of rotatable bonds is 3. The first-order chi connectivity index (χ1) is 9.20. The predicted octanol–water partition coefficient (Wildman–Crippen LogP) is 2.14. The van der Waals surface area contributed by atoms with E-state index in [2.05, 4.69) is 10.1 Å². The lowest BCUT2D eigenvalue weighted by Gasteiger charge is -2.02. The van der Waals surface area contributed by atoms with Crippen LogP contribution in [0.2, 0.25) is 0 Å². The van der Waals surface area contributed by atoms with Gasteiger partial charge in [-0.05, 0) is 17.0 Å². The van der Waals surface area contributed by atoms with E-state index in [1.165, 1.54) is 0 Å². The number of pyridine rings is 1. The molecule has 0 amide bonds. The maximum absolute atomic E-state index is 11.7. The molecule has 0 aromatic carbocycles. The molecule has 3 aromatic heterocycles. The normalized spacial score (nSPS) is 11.3. The summed E-state index contributed by atoms with van der Waals surface area (Å²) < 4.78 is 6.89. The number of fused-ring (bicyclic) bond motifs is 1. The Labute approximate surface area is 113 Å². The van der Waals surface area contributed by atoms with Crippen LogP contribution >= 0.6 is 11.3 Å². The van der Waals surface area contributed by atoms with Gasteiger partial charge in [-0.15, -0.1) is 11.3 Å². The zero-order valence-corrected chi connectivity index (χ0v) is 11.5. The van der Waals surface area contributed by atoms with Gasteiger partial charge in [0.25, 0.3) is 0 Å². The molecule has 0 atom stereocenters. The third-order valence-corrected chi connectivity index (χ3v) is 3.85. The molecule has 3 aromatic rings. The zero-order valence-electron chi connectivity index (χ0n) is 10.6. The lowest BCUT2D eigenvalue weighted by molar-refractivity contribution is 0.186. The Morgan fingerprint density at radius 1 is 1.53 bits per heavy atom. The third kappa shape index (κ3) is 1.98. The van der Waals surface area contributed by atoms with Crippen LogP contribution in [0.1, 0.15) is 5.56 Å². The van der Waals surface area contributed by atoms with Gasteiger partial charge in [0.05, 0.1) is 16.9 Å². The van der Waals surface area contributed by atoms with Crippen LogP contribution in [0, 0.1) is 0 Å². The van der Waals surface area contributed by atoms with Crippen molar-refractivity contribution in [3.8, 4) is 10.6 Å². The minimum absolute atomic E-state index is 0.139. The van der Waals surface area contributed by atoms with Crippen LogP contribution in [0.5, 0.6) is 0 Å². The van der Waals surface area contributed by atoms with E-state index in [1.807, 2.05) is 24.6 Å². The molecule has 19 heavy (non-hydrogen) atoms. The van der Waals surface area contributed by atoms with Crippen molar-refractivity contribution in [2.75, 3.05) is 7.11 Å². The fourth-order valence-electron chi connectivity index (χ4n) is 2.21. The minimum atomic E-state index is -0.139. The summed E-state index contributed by atoms with van der Waals surface area (Å²) in [6, 6.07) is 5.58. The smallest absolute Gasteiger partial charge is 0.249 e. The van der Waals surface area contributed by atoms with Crippen molar-refractivity contribution < 1.29 is 4.74 Å². The number of nitrogens with zero attached hydrogens (tertiary/aromatic N) is 2. The number of methoxy groups -OCH3 is 1. The van der Waals surface area contributed by atoms with E-state index in [0.29, 0.717) is 6.61 Å². The molecule has 0 saturated carbocycles. The first kappa shape index (κ1) is 12.1. The summed E-state index contributed by atoms with van der Waals surface area (Å²) in [4.78, 5) is 15.6. The lowest BCUT2D eigenvalue weighted by atomic mass is 10.1. The molecule has 3 heterocycles. The Morgan fingerprint density at radius 2 is 2.37 bits per heavy atom. The molecule has 0 spiro atoms. The van der Waals surface area contributed by atoms with Gasteiger partial charge in [-0.2, -0.15) is 5.10 Å². The summed E-state index contributed by atoms with van der Waals surface area (Å²) in [5.74, 6) is 0. The van der Waals surface area contributed by atoms with Crippen LogP contribution in [0.15, 0.2) is 28.4 Å². The van der Waals surface area contributed by atoms with E-state index in [-0.39, 0.29) is 5.56 Å². The number of hydrogen-bond donors (Lipinski definition) is 1. The second-order valence-corrected chi connectivity index (χ2v) is 5.21. The van der Waals surface area contributed by atoms with Crippen LogP contribution in [0.3, 0.4) is 0 Å². The molecule has 1 N–H and O–H groups in total. The summed E-state index contributed by atoms with van der Waals surface area (Å²) in [6.07, 6.45) is 0. The molecule has 98 valence electrons. The highest BCUT2D eigenvalue weighted by Gasteiger charge is 2.16. The van der Waals surface area contributed by atoms with Gasteiger partial charge in [-0.3, -0.25) is 9.48 Å². The van der Waals surface area contributed by atoms with Crippen molar-refractivity contribution in [1.82, 2.24) is 14.8 Å². The maximum Gasteiger partial charge on any atom is 0.249 e. The molecule has 5 nitrogen and oxygen atoms in total. The van der Waals surface area contributed by atoms with Gasteiger partial charge in [0.1, 0.15) is 11.3 Å². The molecule has 0 fully saturated rings. The fraction of sp³-hybridized carbons (Fsp3) is 0.231. The van der Waals surface area contributed by atoms with Crippen molar-refractivity contribution in [2.45, 2.75) is 6.61 Å². The second-order valence-electron chi connectivity index (χ2n) is 4.26. The highest BCUT2D eigenvalue weighted by Crippen LogP contribution is 2.31. The molecular weight excluding hydrogens is 262 g/mol. The van der Waals surface area contributed by atoms with Gasteiger partial charge in [0.15, 0.2) is 0 Å². The van der Waals surface area contributed by atoms with Gasteiger partial charge in [0.2, 0.25) is 5.56 Å². The number of hydrogen-bond acceptors (Lipinski definition) is 4. The largest absolute Gasteiger partial charge is 0.380 e. The van der Waals surface area contributed by atoms with Crippen molar-refractivity contribution in [3.63, 3.8) is 0 Å². The molecule has 0 bridgehead atoms. The van der Waals surface area contributed by atoms with Crippen molar-refractivity contribution in [1.29, 1.82) is 0 Å². The molecule has 0 saturated heterocycles. The van der Waals surface area contributed by atoms with Crippen LogP contribution in [0.25, 0.3) is 21.6 Å². The van der Waals surface area contributed by atoms with Crippen molar-refractivity contribution >= 4 is 22.4 Å². The summed E-state index contributed by atoms with van der Waals surface area (Å²) in [6.45, 7) is 0.393. The predicted molar refractivity (Wildman–Crippen MR) is 75.4 cm³/mol. The van der Waals surface area contributed by atoms with Crippen molar-refractivity contribution in [3.05, 3.63) is 39.5 Å². The molecule has 0 aliphatic carbocycles. The third-order valence-electron chi connectivity index (χ3n) is 2.97. The zero-order chi connectivity index (χ0) is 13.4. The van der Waals surface area contributed by atoms with Gasteiger partial charge < -0.3 is 9.72 Å². The highest BCUT2D eigenvalue weighted by atomic mass is 32.1. The fourth-order valence-corrected chi connectivity index (χ4v) is 2.93. The van der Waals surface area contributed by atoms with Crippen LogP contribution in [-0.4, -0.2) is 21.9 Å². The van der Waals surface area contributed by atoms with Crippen LogP contribution in [-0.2, 0) is 18.4 Å². The van der Waals surface area contributed by atoms with E-state index >= 15 is 0 Å². The average molecular weight is 275 g/mol. The monoisotopic (exact) mass is 275 g/mol. The number of aromatic amines is 1. The standard InChI is InChI=1S/C13H13N3O2S/c1-16-13-11(8(7-18-2)6-10(17)14-13)12(15-16)9-4-3-5-19-9/h3-6H,7H2,1-2H3,(H,14,17). The topological polar surface area (TPSA) is 59.9 Å². The highest BCUT2D eigenvalue weighted by molar-refractivity contribution is 7.13. The Bertz CT molecular complexity index is 771. The molecule has 3 rings (SSSR count). The molecule has 6 heteroatoms. The summed E-state index contributed by atoms with van der Waals surface area (Å²) in [7, 11) is 3.44. The molecular formula is C13H13N3O2S. The van der Waals surface area contributed by atoms with Crippen molar-refractivity contribution in [2.24, 2.45) is 7.05 Å². The number of nitrogens with one attached hydrogen (secondary N) is 1. The number of thiophene rings is 1. The molecule has 0 aliphatic rings. The van der Waals surface area contributed by atoms with Gasteiger partial charge >= 0.3 is 0 Å². The number of ether oxygens (including phenoxy) is 1. The summed E-state index contributed by atoms with van der Waals surface area (Å²) >= 11 is 1.63. The summed E-state index contributed by atoms with van der Waals surface area (Å²) in [5, 5.41) is 7.48. The Hall–Kier alpha value is -1.92. The van der Waals surface area contributed by atoms with E-state index in [0.717, 1.165) is 27.2 Å². The molecule has 0 radical (unpaired) electrons. The van der Waals surface area contributed by atoms with Gasteiger partial charge in [-0.25, -0.2) is 0 Å². The Balaban J connectivity index is 2.38. The van der Waals surface area contributed by atoms with Gasteiger partial charge in [-0.1, -0.05) is 6.07 Å². The first-order valence-electron chi connectivity index (χ1n) is 5.82.